The Morgan fingerprint density at radius 3 is 1.75 bits per heavy atom. The Hall–Kier alpha value is -2.79. The molecule has 0 aromatic rings. The maximum absolute atomic E-state index is 12.8. The van der Waals surface area contributed by atoms with E-state index in [4.69, 9.17) is 18.5 Å². The monoisotopic (exact) mass is 886 g/mol. The van der Waals surface area contributed by atoms with Gasteiger partial charge < -0.3 is 50.1 Å². The van der Waals surface area contributed by atoms with Crippen molar-refractivity contribution in [1.29, 1.82) is 0 Å². The molecular formula is C45H75O15P. The molecule has 0 aromatic carbocycles. The lowest BCUT2D eigenvalue weighted by Gasteiger charge is -2.41. The Bertz CT molecular complexity index is 1380. The number of phosphoric acid groups is 1. The Morgan fingerprint density at radius 2 is 1.13 bits per heavy atom. The van der Waals surface area contributed by atoms with Crippen molar-refractivity contribution in [2.75, 3.05) is 13.2 Å². The second kappa shape index (κ2) is 34.7. The highest BCUT2D eigenvalue weighted by atomic mass is 31.2. The average Bonchev–Trinajstić information content (AvgIpc) is 3.23. The molecule has 61 heavy (non-hydrogen) atoms. The molecule has 16 heteroatoms. The summed E-state index contributed by atoms with van der Waals surface area (Å²) >= 11 is 0. The van der Waals surface area contributed by atoms with Crippen molar-refractivity contribution in [3.63, 3.8) is 0 Å². The summed E-state index contributed by atoms with van der Waals surface area (Å²) in [7, 11) is -5.18. The van der Waals surface area contributed by atoms with Gasteiger partial charge in [-0.25, -0.2) is 4.57 Å². The van der Waals surface area contributed by atoms with Crippen molar-refractivity contribution in [2.24, 2.45) is 0 Å². The van der Waals surface area contributed by atoms with Gasteiger partial charge in [0, 0.05) is 12.8 Å². The number of phosphoric ester groups is 1. The first-order chi connectivity index (χ1) is 29.2. The highest BCUT2D eigenvalue weighted by Crippen LogP contribution is 2.47. The molecule has 1 saturated carbocycles. The fourth-order valence-electron chi connectivity index (χ4n) is 6.07. The molecule has 3 unspecified atom stereocenters. The van der Waals surface area contributed by atoms with Crippen molar-refractivity contribution in [2.45, 2.75) is 184 Å². The average molecular weight is 887 g/mol. The number of carbonyl (C=O) groups is 2. The summed E-state index contributed by atoms with van der Waals surface area (Å²) in [6.07, 6.45) is 21.6. The number of carbonyl (C=O) groups excluding carboxylic acids is 2. The van der Waals surface area contributed by atoms with Crippen molar-refractivity contribution in [3.05, 3.63) is 72.9 Å². The Morgan fingerprint density at radius 1 is 0.590 bits per heavy atom. The third kappa shape index (κ3) is 27.8. The normalized spacial score (nSPS) is 23.8. The van der Waals surface area contributed by atoms with Crippen LogP contribution in [0.25, 0.3) is 0 Å². The van der Waals surface area contributed by atoms with Crippen LogP contribution >= 0.6 is 7.82 Å². The van der Waals surface area contributed by atoms with E-state index in [-0.39, 0.29) is 25.7 Å². The molecule has 0 bridgehead atoms. The lowest BCUT2D eigenvalue weighted by molar-refractivity contribution is -0.220. The van der Waals surface area contributed by atoms with E-state index in [0.29, 0.717) is 12.8 Å². The summed E-state index contributed by atoms with van der Waals surface area (Å²) in [6.45, 7) is 2.90. The fraction of sp³-hybridized carbons (Fsp3) is 0.689. The molecule has 0 radical (unpaired) electrons. The van der Waals surface area contributed by atoms with E-state index in [0.717, 1.165) is 77.0 Å². The van der Waals surface area contributed by atoms with Crippen LogP contribution in [-0.2, 0) is 32.7 Å². The number of rotatable bonds is 34. The van der Waals surface area contributed by atoms with E-state index in [1.165, 1.54) is 0 Å². The first kappa shape index (κ1) is 56.2. The lowest BCUT2D eigenvalue weighted by atomic mass is 9.85. The Kier molecular flexibility index (Phi) is 32.0. The van der Waals surface area contributed by atoms with E-state index in [1.807, 2.05) is 24.3 Å². The minimum atomic E-state index is -5.18. The number of hydrogen-bond acceptors (Lipinski definition) is 14. The van der Waals surface area contributed by atoms with Gasteiger partial charge in [-0.1, -0.05) is 132 Å². The van der Waals surface area contributed by atoms with Crippen LogP contribution in [0.3, 0.4) is 0 Å². The van der Waals surface area contributed by atoms with E-state index in [9.17, 15) is 54.8 Å². The van der Waals surface area contributed by atoms with E-state index >= 15 is 0 Å². The third-order valence-corrected chi connectivity index (χ3v) is 10.7. The summed E-state index contributed by atoms with van der Waals surface area (Å²) in [5.41, 5.74) is 0. The van der Waals surface area contributed by atoms with E-state index < -0.39 is 87.9 Å². The zero-order valence-electron chi connectivity index (χ0n) is 36.1. The van der Waals surface area contributed by atoms with Gasteiger partial charge in [-0.2, -0.15) is 0 Å². The summed E-state index contributed by atoms with van der Waals surface area (Å²) in [4.78, 5) is 35.6. The molecule has 15 nitrogen and oxygen atoms in total. The minimum Gasteiger partial charge on any atom is -0.462 e. The first-order valence-electron chi connectivity index (χ1n) is 22.0. The zero-order chi connectivity index (χ0) is 45.3. The Balaban J connectivity index is 2.60. The lowest BCUT2D eigenvalue weighted by Crippen LogP contribution is -2.64. The van der Waals surface area contributed by atoms with Crippen LogP contribution in [-0.4, -0.2) is 121 Å². The minimum absolute atomic E-state index is 0.0270. The highest BCUT2D eigenvalue weighted by Gasteiger charge is 2.51. The van der Waals surface area contributed by atoms with Gasteiger partial charge in [-0.15, -0.1) is 0 Å². The van der Waals surface area contributed by atoms with Gasteiger partial charge in [0.05, 0.1) is 18.8 Å². The van der Waals surface area contributed by atoms with Gasteiger partial charge >= 0.3 is 19.8 Å². The maximum Gasteiger partial charge on any atom is 0.472 e. The smallest absolute Gasteiger partial charge is 0.462 e. The summed E-state index contributed by atoms with van der Waals surface area (Å²) < 4.78 is 33.3. The Labute approximate surface area is 362 Å². The zero-order valence-corrected chi connectivity index (χ0v) is 37.0. The molecule has 1 aliphatic carbocycles. The standard InChI is InChI=1S/C45H75O15P/c1-3-5-7-8-9-10-11-12-13-14-18-21-25-31-39(49)59-37(34-58-61(55,56)60-45-43(53)41(51)40(50)42(52)44(45)54)33-57-38(48)32-26-30-36(47)29-24-20-17-15-16-19-23-28-35(46)27-22-6-4-2/h7-8,10-11,16-17,19-20,23-24,28-29,35-37,40-47,50-54H,3-6,9,12-15,18,21-22,25-27,30-34H2,1-2H3,(H,55,56)/b8-7-,11-10-,19-16-,20-17-,28-23+,29-24+/t35-,36-,37+,40?,41-,42+,43+,44+,45?/m0/s1. The van der Waals surface area contributed by atoms with Crippen molar-refractivity contribution in [3.8, 4) is 0 Å². The molecule has 0 amide bonds. The molecule has 0 heterocycles. The second-order valence-electron chi connectivity index (χ2n) is 15.2. The number of esters is 2. The quantitative estimate of drug-likeness (QED) is 0.0124. The molecule has 8 N–H and O–H groups in total. The number of allylic oxidation sites excluding steroid dienone is 10. The van der Waals surface area contributed by atoms with Gasteiger partial charge in [0.1, 0.15) is 43.2 Å². The molecule has 1 rings (SSSR count). The fourth-order valence-corrected chi connectivity index (χ4v) is 7.04. The van der Waals surface area contributed by atoms with Gasteiger partial charge in [0.25, 0.3) is 0 Å². The van der Waals surface area contributed by atoms with Gasteiger partial charge in [0.2, 0.25) is 0 Å². The maximum atomic E-state index is 12.8. The molecule has 0 aliphatic heterocycles. The topological polar surface area (TPSA) is 250 Å². The predicted molar refractivity (Wildman–Crippen MR) is 233 cm³/mol. The summed E-state index contributed by atoms with van der Waals surface area (Å²) in [6, 6.07) is 0. The third-order valence-electron chi connectivity index (χ3n) is 9.71. The molecular weight excluding hydrogens is 811 g/mol. The van der Waals surface area contributed by atoms with Crippen LogP contribution in [0.2, 0.25) is 0 Å². The van der Waals surface area contributed by atoms with Crippen LogP contribution in [0.1, 0.15) is 129 Å². The predicted octanol–water partition coefficient (Wildman–Crippen LogP) is 5.88. The largest absolute Gasteiger partial charge is 0.472 e. The number of ether oxygens (including phenoxy) is 2. The molecule has 0 saturated heterocycles. The summed E-state index contributed by atoms with van der Waals surface area (Å²) in [5.74, 6) is -1.35. The molecule has 1 fully saturated rings. The van der Waals surface area contributed by atoms with Crippen LogP contribution in [0.4, 0.5) is 0 Å². The number of aliphatic hydroxyl groups excluding tert-OH is 7. The first-order valence-corrected chi connectivity index (χ1v) is 23.5. The molecule has 350 valence electrons. The van der Waals surface area contributed by atoms with Gasteiger partial charge in [0.15, 0.2) is 6.10 Å². The van der Waals surface area contributed by atoms with Crippen LogP contribution in [0.15, 0.2) is 72.9 Å². The number of hydrogen-bond donors (Lipinski definition) is 8. The molecule has 0 spiro atoms. The van der Waals surface area contributed by atoms with Crippen molar-refractivity contribution in [1.82, 2.24) is 0 Å². The van der Waals surface area contributed by atoms with Crippen LogP contribution in [0.5, 0.6) is 0 Å². The van der Waals surface area contributed by atoms with Gasteiger partial charge in [-0.3, -0.25) is 18.6 Å². The summed E-state index contributed by atoms with van der Waals surface area (Å²) in [5, 5.41) is 70.2. The number of aliphatic hydroxyl groups is 7. The second-order valence-corrected chi connectivity index (χ2v) is 16.6. The van der Waals surface area contributed by atoms with Crippen LogP contribution in [0, 0.1) is 0 Å². The van der Waals surface area contributed by atoms with Crippen molar-refractivity contribution < 1.29 is 73.3 Å². The van der Waals surface area contributed by atoms with E-state index in [2.05, 4.69) is 38.2 Å². The van der Waals surface area contributed by atoms with E-state index in [1.54, 1.807) is 24.3 Å². The highest BCUT2D eigenvalue weighted by molar-refractivity contribution is 7.47. The molecule has 0 aromatic heterocycles. The van der Waals surface area contributed by atoms with Crippen molar-refractivity contribution >= 4 is 19.8 Å². The van der Waals surface area contributed by atoms with Crippen LogP contribution < -0.4 is 0 Å². The molecule has 10 atom stereocenters. The number of unbranched alkanes of at least 4 members (excludes halogenated alkanes) is 8. The SMILES string of the molecule is CCC/C=C\C/C=C\CCCCCCCC(=O)O[C@H](COC(=O)CCC[C@@H](O)/C=C/C=C\C/C=C\C=C\[C@@H](O)CCCCC)COP(=O)(O)OC1[C@H](O)[C@H](O)C(O)[C@H](O)[C@H]1O. The van der Waals surface area contributed by atoms with Gasteiger partial charge in [-0.05, 0) is 57.8 Å². The molecule has 1 aliphatic rings.